The minimum absolute atomic E-state index is 0.177. The lowest BCUT2D eigenvalue weighted by molar-refractivity contribution is 0.201. The van der Waals surface area contributed by atoms with Gasteiger partial charge >= 0.3 is 0 Å². The van der Waals surface area contributed by atoms with Crippen molar-refractivity contribution in [2.75, 3.05) is 42.6 Å². The summed E-state index contributed by atoms with van der Waals surface area (Å²) >= 11 is 1.38. The lowest BCUT2D eigenvalue weighted by atomic mass is 10.2. The zero-order chi connectivity index (χ0) is 15.0. The van der Waals surface area contributed by atoms with Crippen molar-refractivity contribution >= 4 is 26.4 Å². The fraction of sp³-hybridized carbons (Fsp3) is 0.692. The molecule has 114 valence electrons. The quantitative estimate of drug-likeness (QED) is 0.793. The molecule has 3 rings (SSSR count). The molecule has 2 fully saturated rings. The summed E-state index contributed by atoms with van der Waals surface area (Å²) < 4.78 is 27.4. The Labute approximate surface area is 129 Å². The van der Waals surface area contributed by atoms with Gasteiger partial charge in [0.15, 0.2) is 9.84 Å². The maximum absolute atomic E-state index is 11.6. The lowest BCUT2D eigenvalue weighted by Crippen LogP contribution is -2.50. The molecule has 0 aromatic carbocycles. The Morgan fingerprint density at radius 3 is 2.62 bits per heavy atom. The van der Waals surface area contributed by atoms with Gasteiger partial charge in [-0.05, 0) is 24.9 Å². The summed E-state index contributed by atoms with van der Waals surface area (Å²) in [5.41, 5.74) is 1.47. The predicted molar refractivity (Wildman–Crippen MR) is 82.4 cm³/mol. The SMILES string of the molecule is Cc1nsc(N2CCN(C3CCS(=O)(=O)C3)CC2)c1C#N. The Balaban J connectivity index is 1.64. The molecule has 21 heavy (non-hydrogen) atoms. The summed E-state index contributed by atoms with van der Waals surface area (Å²) in [5.74, 6) is 0.626. The minimum Gasteiger partial charge on any atom is -0.359 e. The van der Waals surface area contributed by atoms with Crippen LogP contribution in [0, 0.1) is 18.3 Å². The van der Waals surface area contributed by atoms with Crippen LogP contribution in [-0.2, 0) is 9.84 Å². The molecule has 2 saturated heterocycles. The van der Waals surface area contributed by atoms with Crippen molar-refractivity contribution in [2.45, 2.75) is 19.4 Å². The van der Waals surface area contributed by atoms with E-state index in [9.17, 15) is 13.7 Å². The Hall–Kier alpha value is -1.17. The Kier molecular flexibility index (Phi) is 3.90. The van der Waals surface area contributed by atoms with Gasteiger partial charge in [-0.2, -0.15) is 9.64 Å². The topological polar surface area (TPSA) is 77.3 Å². The van der Waals surface area contributed by atoms with E-state index in [1.165, 1.54) is 11.5 Å². The molecule has 0 bridgehead atoms. The third-order valence-electron chi connectivity index (χ3n) is 4.28. The van der Waals surface area contributed by atoms with E-state index < -0.39 is 9.84 Å². The van der Waals surface area contributed by atoms with E-state index in [1.54, 1.807) is 0 Å². The number of piperazine rings is 1. The van der Waals surface area contributed by atoms with E-state index in [2.05, 4.69) is 20.2 Å². The van der Waals surface area contributed by atoms with Gasteiger partial charge in [-0.25, -0.2) is 8.42 Å². The third kappa shape index (κ3) is 2.91. The highest BCUT2D eigenvalue weighted by Crippen LogP contribution is 2.29. The van der Waals surface area contributed by atoms with Crippen LogP contribution in [0.15, 0.2) is 0 Å². The zero-order valence-electron chi connectivity index (χ0n) is 11.9. The fourth-order valence-corrected chi connectivity index (χ4v) is 5.71. The highest BCUT2D eigenvalue weighted by Gasteiger charge is 2.34. The predicted octanol–water partition coefficient (Wildman–Crippen LogP) is 0.632. The average Bonchev–Trinajstić information content (AvgIpc) is 3.01. The highest BCUT2D eigenvalue weighted by molar-refractivity contribution is 7.91. The van der Waals surface area contributed by atoms with Crippen LogP contribution < -0.4 is 4.90 Å². The molecule has 2 aliphatic heterocycles. The zero-order valence-corrected chi connectivity index (χ0v) is 13.6. The Bertz CT molecular complexity index is 669. The summed E-state index contributed by atoms with van der Waals surface area (Å²) in [7, 11) is -2.82. The minimum atomic E-state index is -2.82. The third-order valence-corrected chi connectivity index (χ3v) is 7.03. The van der Waals surface area contributed by atoms with Gasteiger partial charge in [-0.15, -0.1) is 0 Å². The molecule has 0 N–H and O–H groups in total. The molecule has 8 heteroatoms. The monoisotopic (exact) mass is 326 g/mol. The van der Waals surface area contributed by atoms with Crippen LogP contribution in [0.4, 0.5) is 5.00 Å². The molecular weight excluding hydrogens is 308 g/mol. The van der Waals surface area contributed by atoms with Gasteiger partial charge in [0.05, 0.1) is 17.2 Å². The van der Waals surface area contributed by atoms with Crippen molar-refractivity contribution < 1.29 is 8.42 Å². The second kappa shape index (κ2) is 5.55. The van der Waals surface area contributed by atoms with Gasteiger partial charge in [0.1, 0.15) is 16.6 Å². The number of hydrogen-bond donors (Lipinski definition) is 0. The summed E-state index contributed by atoms with van der Waals surface area (Å²) in [6.07, 6.45) is 0.755. The second-order valence-electron chi connectivity index (χ2n) is 5.64. The van der Waals surface area contributed by atoms with Crippen molar-refractivity contribution in [3.8, 4) is 6.07 Å². The lowest BCUT2D eigenvalue weighted by Gasteiger charge is -2.38. The maximum atomic E-state index is 11.6. The number of hydrogen-bond acceptors (Lipinski definition) is 7. The van der Waals surface area contributed by atoms with Gasteiger partial charge < -0.3 is 4.90 Å². The Morgan fingerprint density at radius 1 is 1.33 bits per heavy atom. The van der Waals surface area contributed by atoms with Gasteiger partial charge in [0.2, 0.25) is 0 Å². The first kappa shape index (κ1) is 14.8. The van der Waals surface area contributed by atoms with E-state index in [1.807, 2.05) is 6.92 Å². The highest BCUT2D eigenvalue weighted by atomic mass is 32.2. The molecule has 1 aromatic heterocycles. The molecule has 3 heterocycles. The molecule has 6 nitrogen and oxygen atoms in total. The first-order chi connectivity index (χ1) is 10.00. The molecule has 1 unspecified atom stereocenters. The van der Waals surface area contributed by atoms with Crippen LogP contribution in [0.2, 0.25) is 0 Å². The number of sulfone groups is 1. The van der Waals surface area contributed by atoms with Gasteiger partial charge in [0, 0.05) is 32.2 Å². The standard InChI is InChI=1S/C13H18N4O2S2/c1-10-12(8-14)13(20-15-10)17-5-3-16(4-6-17)11-2-7-21(18,19)9-11/h11H,2-7,9H2,1H3. The summed E-state index contributed by atoms with van der Waals surface area (Å²) in [5, 5.41) is 10.2. The van der Waals surface area contributed by atoms with Crippen LogP contribution in [0.5, 0.6) is 0 Å². The van der Waals surface area contributed by atoms with E-state index >= 15 is 0 Å². The average molecular weight is 326 g/mol. The number of aryl methyl sites for hydroxylation is 1. The van der Waals surface area contributed by atoms with Crippen LogP contribution in [-0.4, -0.2) is 61.4 Å². The summed E-state index contributed by atoms with van der Waals surface area (Å²) in [4.78, 5) is 4.48. The van der Waals surface area contributed by atoms with Crippen molar-refractivity contribution in [3.63, 3.8) is 0 Å². The van der Waals surface area contributed by atoms with Gasteiger partial charge in [0.25, 0.3) is 0 Å². The molecule has 0 saturated carbocycles. The summed E-state index contributed by atoms with van der Waals surface area (Å²) in [6, 6.07) is 2.41. The Morgan fingerprint density at radius 2 is 2.05 bits per heavy atom. The van der Waals surface area contributed by atoms with Crippen LogP contribution in [0.25, 0.3) is 0 Å². The van der Waals surface area contributed by atoms with Gasteiger partial charge in [-0.3, -0.25) is 4.90 Å². The van der Waals surface area contributed by atoms with Crippen molar-refractivity contribution in [1.29, 1.82) is 5.26 Å². The van der Waals surface area contributed by atoms with Crippen LogP contribution in [0.3, 0.4) is 0 Å². The van der Waals surface area contributed by atoms with Crippen molar-refractivity contribution in [3.05, 3.63) is 11.3 Å². The molecule has 0 amide bonds. The first-order valence-electron chi connectivity index (χ1n) is 7.06. The number of aromatic nitrogens is 1. The van der Waals surface area contributed by atoms with Crippen molar-refractivity contribution in [2.24, 2.45) is 0 Å². The molecule has 0 radical (unpaired) electrons. The molecule has 0 aliphatic carbocycles. The number of nitriles is 1. The number of anilines is 1. The molecule has 0 spiro atoms. The largest absolute Gasteiger partial charge is 0.359 e. The molecule has 2 aliphatic rings. The van der Waals surface area contributed by atoms with E-state index in [0.29, 0.717) is 17.1 Å². The van der Waals surface area contributed by atoms with Crippen LogP contribution >= 0.6 is 11.5 Å². The maximum Gasteiger partial charge on any atom is 0.151 e. The van der Waals surface area contributed by atoms with E-state index in [4.69, 9.17) is 0 Å². The molecule has 1 aromatic rings. The normalized spacial score (nSPS) is 25.9. The van der Waals surface area contributed by atoms with Crippen molar-refractivity contribution in [1.82, 2.24) is 9.27 Å². The number of nitrogens with zero attached hydrogens (tertiary/aromatic N) is 4. The summed E-state index contributed by atoms with van der Waals surface area (Å²) in [6.45, 7) is 5.21. The second-order valence-corrected chi connectivity index (χ2v) is 8.62. The number of rotatable bonds is 2. The van der Waals surface area contributed by atoms with E-state index in [-0.39, 0.29) is 6.04 Å². The molecule has 1 atom stereocenters. The molecular formula is C13H18N4O2S2. The smallest absolute Gasteiger partial charge is 0.151 e. The van der Waals surface area contributed by atoms with Crippen LogP contribution in [0.1, 0.15) is 17.7 Å². The van der Waals surface area contributed by atoms with Gasteiger partial charge in [-0.1, -0.05) is 0 Å². The van der Waals surface area contributed by atoms with E-state index in [0.717, 1.165) is 43.3 Å². The first-order valence-corrected chi connectivity index (χ1v) is 9.65. The fourth-order valence-electron chi connectivity index (χ4n) is 3.06.